The van der Waals surface area contributed by atoms with Crippen LogP contribution in [0.3, 0.4) is 0 Å². The quantitative estimate of drug-likeness (QED) is 0.132. The Morgan fingerprint density at radius 2 is 1.81 bits per heavy atom. The van der Waals surface area contributed by atoms with Crippen LogP contribution in [0.15, 0.2) is 54.6 Å². The molecule has 164 valence electrons. The summed E-state index contributed by atoms with van der Waals surface area (Å²) in [5, 5.41) is 21.5. The van der Waals surface area contributed by atoms with Gasteiger partial charge in [0.1, 0.15) is 11.9 Å². The van der Waals surface area contributed by atoms with Gasteiger partial charge in [0.25, 0.3) is 5.91 Å². The number of phenols is 1. The van der Waals surface area contributed by atoms with E-state index in [1.165, 1.54) is 31.7 Å². The molecule has 10 heteroatoms. The molecule has 0 heterocycles. The van der Waals surface area contributed by atoms with Crippen molar-refractivity contribution in [2.24, 2.45) is 0 Å². The minimum atomic E-state index is -1.13. The van der Waals surface area contributed by atoms with Gasteiger partial charge in [0, 0.05) is 33.6 Å². The van der Waals surface area contributed by atoms with Crippen LogP contribution in [0.5, 0.6) is 5.75 Å². The molecule has 0 spiro atoms. The fourth-order valence-electron chi connectivity index (χ4n) is 2.63. The number of anilines is 1. The third kappa shape index (κ3) is 7.05. The number of amides is 2. The van der Waals surface area contributed by atoms with Gasteiger partial charge < -0.3 is 14.6 Å². The van der Waals surface area contributed by atoms with E-state index in [0.29, 0.717) is 11.3 Å². The lowest BCUT2D eigenvalue weighted by Gasteiger charge is -2.25. The topological polar surface area (TPSA) is 134 Å². The summed E-state index contributed by atoms with van der Waals surface area (Å²) in [6, 6.07) is 11.0. The van der Waals surface area contributed by atoms with Crippen molar-refractivity contribution in [3.63, 3.8) is 0 Å². The SMILES string of the molecule is CO[C@H](/C=C/C(=O)NO)[C@H](OC(=O)Nc1ccc(C(C)=O)cc1)c1cc(I)ccc1O. The summed E-state index contributed by atoms with van der Waals surface area (Å²) < 4.78 is 11.6. The Morgan fingerprint density at radius 1 is 1.13 bits per heavy atom. The standard InChI is InChI=1S/C21H21IN2O7/c1-12(25)13-3-6-15(7-4-13)23-21(28)31-20(16-11-14(22)5-8-17(16)26)18(30-2)9-10-19(27)24-29/h3-11,18,20,26,29H,1-2H3,(H,23,28)(H,24,27)/b10-9+/t18-,20-/m1/s1. The summed E-state index contributed by atoms with van der Waals surface area (Å²) in [6.07, 6.45) is -0.648. The predicted molar refractivity (Wildman–Crippen MR) is 120 cm³/mol. The van der Waals surface area contributed by atoms with Gasteiger partial charge in [-0.2, -0.15) is 0 Å². The number of rotatable bonds is 8. The molecule has 2 aromatic rings. The Balaban J connectivity index is 2.29. The van der Waals surface area contributed by atoms with Crippen LogP contribution in [-0.4, -0.2) is 41.3 Å². The number of phenolic OH excluding ortho intramolecular Hbond substituents is 1. The number of carbonyl (C=O) groups is 3. The van der Waals surface area contributed by atoms with E-state index >= 15 is 0 Å². The van der Waals surface area contributed by atoms with Crippen molar-refractivity contribution in [2.75, 3.05) is 12.4 Å². The van der Waals surface area contributed by atoms with Gasteiger partial charge in [-0.15, -0.1) is 0 Å². The number of aromatic hydroxyl groups is 1. The highest BCUT2D eigenvalue weighted by Gasteiger charge is 2.28. The summed E-state index contributed by atoms with van der Waals surface area (Å²) in [5.74, 6) is -1.04. The number of carbonyl (C=O) groups excluding carboxylic acids is 3. The van der Waals surface area contributed by atoms with Crippen LogP contribution in [0.2, 0.25) is 0 Å². The Hall–Kier alpha value is -2.96. The maximum Gasteiger partial charge on any atom is 0.412 e. The lowest BCUT2D eigenvalue weighted by molar-refractivity contribution is -0.124. The predicted octanol–water partition coefficient (Wildman–Crippen LogP) is 3.57. The number of hydrogen-bond acceptors (Lipinski definition) is 7. The highest BCUT2D eigenvalue weighted by Crippen LogP contribution is 2.33. The van der Waals surface area contributed by atoms with Crippen LogP contribution in [0.25, 0.3) is 0 Å². The van der Waals surface area contributed by atoms with E-state index in [1.807, 2.05) is 22.6 Å². The van der Waals surface area contributed by atoms with E-state index in [0.717, 1.165) is 9.65 Å². The minimum absolute atomic E-state index is 0.106. The summed E-state index contributed by atoms with van der Waals surface area (Å²) in [6.45, 7) is 1.43. The van der Waals surface area contributed by atoms with Gasteiger partial charge in [0.2, 0.25) is 0 Å². The van der Waals surface area contributed by atoms with Crippen molar-refractivity contribution in [1.29, 1.82) is 0 Å². The number of hydrogen-bond donors (Lipinski definition) is 4. The summed E-state index contributed by atoms with van der Waals surface area (Å²) in [4.78, 5) is 35.3. The number of nitrogens with one attached hydrogen (secondary N) is 2. The van der Waals surface area contributed by atoms with E-state index in [4.69, 9.17) is 14.7 Å². The van der Waals surface area contributed by atoms with Crippen LogP contribution in [0.4, 0.5) is 10.5 Å². The number of Topliss-reactive ketones (excluding diaryl/α,β-unsaturated/α-hetero) is 1. The number of methoxy groups -OCH3 is 1. The van der Waals surface area contributed by atoms with Crippen molar-refractivity contribution in [1.82, 2.24) is 5.48 Å². The Bertz CT molecular complexity index is 976. The molecular weight excluding hydrogens is 519 g/mol. The van der Waals surface area contributed by atoms with Gasteiger partial charge in [-0.3, -0.25) is 20.1 Å². The van der Waals surface area contributed by atoms with Gasteiger partial charge in [-0.25, -0.2) is 10.3 Å². The van der Waals surface area contributed by atoms with Gasteiger partial charge in [0.15, 0.2) is 11.9 Å². The first-order valence-corrected chi connectivity index (χ1v) is 10.0. The molecule has 0 bridgehead atoms. The van der Waals surface area contributed by atoms with E-state index < -0.39 is 24.2 Å². The zero-order valence-corrected chi connectivity index (χ0v) is 18.8. The maximum atomic E-state index is 12.5. The zero-order chi connectivity index (χ0) is 23.0. The lowest BCUT2D eigenvalue weighted by Crippen LogP contribution is -2.27. The summed E-state index contributed by atoms with van der Waals surface area (Å²) in [5.41, 5.74) is 2.60. The van der Waals surface area contributed by atoms with E-state index in [1.54, 1.807) is 36.4 Å². The molecule has 2 atom stereocenters. The Labute approximate surface area is 192 Å². The second kappa shape index (κ2) is 11.4. The Morgan fingerprint density at radius 3 is 2.39 bits per heavy atom. The number of benzene rings is 2. The molecule has 2 rings (SSSR count). The molecule has 0 aliphatic rings. The molecular formula is C21H21IN2O7. The smallest absolute Gasteiger partial charge is 0.412 e. The Kier molecular flexibility index (Phi) is 8.97. The number of ether oxygens (including phenoxy) is 2. The van der Waals surface area contributed by atoms with Crippen LogP contribution in [0, 0.1) is 3.57 Å². The molecule has 0 unspecified atom stereocenters. The van der Waals surface area contributed by atoms with Gasteiger partial charge >= 0.3 is 6.09 Å². The third-order valence-electron chi connectivity index (χ3n) is 4.19. The van der Waals surface area contributed by atoms with Crippen LogP contribution in [0.1, 0.15) is 28.9 Å². The van der Waals surface area contributed by atoms with E-state index in [-0.39, 0.29) is 17.1 Å². The molecule has 9 nitrogen and oxygen atoms in total. The minimum Gasteiger partial charge on any atom is -0.508 e. The number of halogens is 1. The first-order chi connectivity index (χ1) is 14.7. The maximum absolute atomic E-state index is 12.5. The van der Waals surface area contributed by atoms with Crippen LogP contribution < -0.4 is 10.8 Å². The largest absolute Gasteiger partial charge is 0.508 e. The monoisotopic (exact) mass is 540 g/mol. The molecule has 0 saturated heterocycles. The third-order valence-corrected chi connectivity index (χ3v) is 4.86. The molecule has 0 saturated carbocycles. The van der Waals surface area contributed by atoms with Crippen molar-refractivity contribution in [2.45, 2.75) is 19.1 Å². The van der Waals surface area contributed by atoms with Crippen molar-refractivity contribution in [3.05, 3.63) is 69.3 Å². The molecule has 31 heavy (non-hydrogen) atoms. The molecule has 0 fully saturated rings. The molecule has 2 aromatic carbocycles. The van der Waals surface area contributed by atoms with Gasteiger partial charge in [-0.1, -0.05) is 0 Å². The number of ketones is 1. The molecule has 0 aliphatic heterocycles. The average Bonchev–Trinajstić information content (AvgIpc) is 2.75. The van der Waals surface area contributed by atoms with Gasteiger partial charge in [0.05, 0.1) is 0 Å². The fourth-order valence-corrected chi connectivity index (χ4v) is 3.15. The highest BCUT2D eigenvalue weighted by molar-refractivity contribution is 14.1. The zero-order valence-electron chi connectivity index (χ0n) is 16.7. The van der Waals surface area contributed by atoms with Crippen molar-refractivity contribution < 1.29 is 34.2 Å². The van der Waals surface area contributed by atoms with Crippen molar-refractivity contribution >= 4 is 46.1 Å². The van der Waals surface area contributed by atoms with Crippen LogP contribution in [-0.2, 0) is 14.3 Å². The van der Waals surface area contributed by atoms with E-state index in [2.05, 4.69) is 5.32 Å². The number of hydroxylamine groups is 1. The molecule has 4 N–H and O–H groups in total. The summed E-state index contributed by atoms with van der Waals surface area (Å²) >= 11 is 2.04. The van der Waals surface area contributed by atoms with Crippen molar-refractivity contribution in [3.8, 4) is 5.75 Å². The van der Waals surface area contributed by atoms with E-state index in [9.17, 15) is 19.5 Å². The van der Waals surface area contributed by atoms with Gasteiger partial charge in [-0.05, 0) is 78.1 Å². The molecule has 0 aromatic heterocycles. The second-order valence-electron chi connectivity index (χ2n) is 6.32. The van der Waals surface area contributed by atoms with Crippen LogP contribution >= 0.6 is 22.6 Å². The first-order valence-electron chi connectivity index (χ1n) is 8.97. The highest BCUT2D eigenvalue weighted by atomic mass is 127. The lowest BCUT2D eigenvalue weighted by atomic mass is 10.0. The molecule has 2 amide bonds. The summed E-state index contributed by atoms with van der Waals surface area (Å²) in [7, 11) is 1.34. The average molecular weight is 540 g/mol. The second-order valence-corrected chi connectivity index (χ2v) is 7.57. The normalized spacial score (nSPS) is 12.8. The molecule has 0 radical (unpaired) electrons. The molecule has 0 aliphatic carbocycles. The fraction of sp³-hybridized carbons (Fsp3) is 0.190. The first kappa shape index (κ1) is 24.3.